The fraction of sp³-hybridized carbons (Fsp3) is 0.625. The largest absolute Gasteiger partial charge is 0.490 e. The molecule has 0 bridgehead atoms. The molecule has 0 spiro atoms. The maximum absolute atomic E-state index is 5.81. The van der Waals surface area contributed by atoms with Crippen LogP contribution in [0.4, 0.5) is 0 Å². The van der Waals surface area contributed by atoms with Crippen LogP contribution in [-0.4, -0.2) is 20.3 Å². The summed E-state index contributed by atoms with van der Waals surface area (Å²) in [6.45, 7) is 8.22. The van der Waals surface area contributed by atoms with Gasteiger partial charge in [-0.2, -0.15) is 0 Å². The average molecular weight is 342 g/mol. The summed E-state index contributed by atoms with van der Waals surface area (Å²) in [4.78, 5) is 0. The second-order valence-electron chi connectivity index (χ2n) is 5.93. The van der Waals surface area contributed by atoms with Gasteiger partial charge >= 0.3 is 0 Å². The molecule has 1 atom stereocenters. The van der Waals surface area contributed by atoms with Gasteiger partial charge in [0.1, 0.15) is 0 Å². The summed E-state index contributed by atoms with van der Waals surface area (Å²) in [6.07, 6.45) is 2.02. The summed E-state index contributed by atoms with van der Waals surface area (Å²) in [7, 11) is 2.01. The van der Waals surface area contributed by atoms with Crippen molar-refractivity contribution in [3.63, 3.8) is 0 Å². The standard InChI is InChI=1S/C16H24BrNO2/c1-5-16(2,3)15(18-4)11-9-13-14(10-12(11)17)20-8-6-7-19-13/h9-10,15,18H,5-8H2,1-4H3. The molecule has 0 aliphatic carbocycles. The van der Waals surface area contributed by atoms with Crippen molar-refractivity contribution in [3.05, 3.63) is 22.2 Å². The second kappa shape index (κ2) is 6.35. The lowest BCUT2D eigenvalue weighted by molar-refractivity contribution is 0.243. The molecule has 1 aliphatic rings. The van der Waals surface area contributed by atoms with Crippen molar-refractivity contribution < 1.29 is 9.47 Å². The van der Waals surface area contributed by atoms with E-state index in [-0.39, 0.29) is 11.5 Å². The molecular formula is C16H24BrNO2. The smallest absolute Gasteiger partial charge is 0.162 e. The monoisotopic (exact) mass is 341 g/mol. The Balaban J connectivity index is 2.43. The molecule has 1 aromatic carbocycles. The lowest BCUT2D eigenvalue weighted by Gasteiger charge is -2.34. The van der Waals surface area contributed by atoms with Crippen molar-refractivity contribution in [2.24, 2.45) is 5.41 Å². The third-order valence-electron chi connectivity index (χ3n) is 4.16. The number of halogens is 1. The minimum Gasteiger partial charge on any atom is -0.490 e. The Morgan fingerprint density at radius 2 is 1.85 bits per heavy atom. The topological polar surface area (TPSA) is 30.5 Å². The fourth-order valence-corrected chi connectivity index (χ4v) is 3.14. The molecule has 4 heteroatoms. The molecular weight excluding hydrogens is 318 g/mol. The molecule has 0 radical (unpaired) electrons. The molecule has 0 amide bonds. The van der Waals surface area contributed by atoms with E-state index in [4.69, 9.17) is 9.47 Å². The van der Waals surface area contributed by atoms with Crippen LogP contribution in [0.25, 0.3) is 0 Å². The van der Waals surface area contributed by atoms with Gasteiger partial charge in [0.25, 0.3) is 0 Å². The summed E-state index contributed by atoms with van der Waals surface area (Å²) >= 11 is 3.69. The minimum absolute atomic E-state index is 0.164. The van der Waals surface area contributed by atoms with E-state index >= 15 is 0 Å². The van der Waals surface area contributed by atoms with Crippen molar-refractivity contribution in [2.75, 3.05) is 20.3 Å². The van der Waals surface area contributed by atoms with E-state index in [1.54, 1.807) is 0 Å². The van der Waals surface area contributed by atoms with Gasteiger partial charge in [0.05, 0.1) is 13.2 Å². The van der Waals surface area contributed by atoms with Crippen LogP contribution in [0.15, 0.2) is 16.6 Å². The number of fused-ring (bicyclic) bond motifs is 1. The molecule has 0 saturated heterocycles. The van der Waals surface area contributed by atoms with Gasteiger partial charge in [-0.05, 0) is 36.6 Å². The van der Waals surface area contributed by atoms with Gasteiger partial charge in [-0.15, -0.1) is 0 Å². The van der Waals surface area contributed by atoms with Crippen molar-refractivity contribution in [2.45, 2.75) is 39.7 Å². The number of rotatable bonds is 4. The lowest BCUT2D eigenvalue weighted by atomic mass is 9.78. The number of hydrogen-bond donors (Lipinski definition) is 1. The van der Waals surface area contributed by atoms with Crippen LogP contribution >= 0.6 is 15.9 Å². The molecule has 0 fully saturated rings. The highest BCUT2D eigenvalue weighted by atomic mass is 79.9. The molecule has 1 heterocycles. The molecule has 112 valence electrons. The molecule has 0 aromatic heterocycles. The summed E-state index contributed by atoms with van der Waals surface area (Å²) < 4.78 is 12.6. The Morgan fingerprint density at radius 1 is 1.25 bits per heavy atom. The zero-order chi connectivity index (χ0) is 14.8. The number of hydrogen-bond acceptors (Lipinski definition) is 3. The van der Waals surface area contributed by atoms with Crippen molar-refractivity contribution in [3.8, 4) is 11.5 Å². The Kier molecular flexibility index (Phi) is 4.97. The molecule has 2 rings (SSSR count). The molecule has 0 saturated carbocycles. The number of nitrogens with one attached hydrogen (secondary N) is 1. The van der Waals surface area contributed by atoms with Crippen molar-refractivity contribution in [1.82, 2.24) is 5.32 Å². The molecule has 20 heavy (non-hydrogen) atoms. The van der Waals surface area contributed by atoms with Gasteiger partial charge in [0.2, 0.25) is 0 Å². The highest BCUT2D eigenvalue weighted by molar-refractivity contribution is 9.10. The SMILES string of the molecule is CCC(C)(C)C(NC)c1cc2c(cc1Br)OCCCO2. The van der Waals surface area contributed by atoms with Gasteiger partial charge in [-0.25, -0.2) is 0 Å². The van der Waals surface area contributed by atoms with Crippen LogP contribution < -0.4 is 14.8 Å². The highest BCUT2D eigenvalue weighted by Gasteiger charge is 2.30. The summed E-state index contributed by atoms with van der Waals surface area (Å²) in [5.41, 5.74) is 1.39. The number of ether oxygens (including phenoxy) is 2. The quantitative estimate of drug-likeness (QED) is 0.885. The van der Waals surface area contributed by atoms with Gasteiger partial charge in [0.15, 0.2) is 11.5 Å². The van der Waals surface area contributed by atoms with Crippen molar-refractivity contribution in [1.29, 1.82) is 0 Å². The Bertz CT molecular complexity index is 474. The second-order valence-corrected chi connectivity index (χ2v) is 6.79. The molecule has 1 aliphatic heterocycles. The first kappa shape index (κ1) is 15.6. The van der Waals surface area contributed by atoms with E-state index in [2.05, 4.69) is 48.1 Å². The molecule has 3 nitrogen and oxygen atoms in total. The van der Waals surface area contributed by atoms with E-state index in [9.17, 15) is 0 Å². The Morgan fingerprint density at radius 3 is 2.40 bits per heavy atom. The van der Waals surface area contributed by atoms with Gasteiger partial charge in [-0.3, -0.25) is 0 Å². The van der Waals surface area contributed by atoms with E-state index in [0.29, 0.717) is 6.61 Å². The normalized spacial score (nSPS) is 16.6. The minimum atomic E-state index is 0.164. The first-order valence-corrected chi connectivity index (χ1v) is 8.05. The Hall–Kier alpha value is -0.740. The third kappa shape index (κ3) is 3.12. The van der Waals surface area contributed by atoms with Gasteiger partial charge in [-0.1, -0.05) is 36.7 Å². The maximum Gasteiger partial charge on any atom is 0.162 e. The summed E-state index contributed by atoms with van der Waals surface area (Å²) in [5, 5.41) is 3.45. The van der Waals surface area contributed by atoms with Crippen LogP contribution in [0.3, 0.4) is 0 Å². The maximum atomic E-state index is 5.81. The lowest BCUT2D eigenvalue weighted by Crippen LogP contribution is -2.31. The van der Waals surface area contributed by atoms with E-state index in [1.165, 1.54) is 5.56 Å². The van der Waals surface area contributed by atoms with Crippen molar-refractivity contribution >= 4 is 15.9 Å². The van der Waals surface area contributed by atoms with E-state index in [0.717, 1.165) is 35.4 Å². The molecule has 1 aromatic rings. The zero-order valence-corrected chi connectivity index (χ0v) is 14.3. The van der Waals surface area contributed by atoms with Crippen LogP contribution in [0.5, 0.6) is 11.5 Å². The highest BCUT2D eigenvalue weighted by Crippen LogP contribution is 2.43. The predicted octanol–water partition coefficient (Wildman–Crippen LogP) is 4.31. The molecule has 1 N–H and O–H groups in total. The van der Waals surface area contributed by atoms with E-state index < -0.39 is 0 Å². The number of benzene rings is 1. The first-order valence-electron chi connectivity index (χ1n) is 7.26. The zero-order valence-electron chi connectivity index (χ0n) is 12.8. The van der Waals surface area contributed by atoms with Crippen LogP contribution in [0.2, 0.25) is 0 Å². The summed E-state index contributed by atoms with van der Waals surface area (Å²) in [5.74, 6) is 1.69. The van der Waals surface area contributed by atoms with Crippen LogP contribution in [0, 0.1) is 5.41 Å². The summed E-state index contributed by atoms with van der Waals surface area (Å²) in [6, 6.07) is 4.41. The van der Waals surface area contributed by atoms with Gasteiger partial charge in [0, 0.05) is 16.9 Å². The third-order valence-corrected chi connectivity index (χ3v) is 4.85. The predicted molar refractivity (Wildman–Crippen MR) is 85.6 cm³/mol. The molecule has 1 unspecified atom stereocenters. The first-order chi connectivity index (χ1) is 9.49. The van der Waals surface area contributed by atoms with E-state index in [1.807, 2.05) is 13.1 Å². The fourth-order valence-electron chi connectivity index (χ4n) is 2.59. The Labute approximate surface area is 130 Å². The average Bonchev–Trinajstić information content (AvgIpc) is 2.64. The van der Waals surface area contributed by atoms with Crippen LogP contribution in [-0.2, 0) is 0 Å². The van der Waals surface area contributed by atoms with Gasteiger partial charge < -0.3 is 14.8 Å². The van der Waals surface area contributed by atoms with Crippen LogP contribution in [0.1, 0.15) is 45.2 Å².